The van der Waals surface area contributed by atoms with E-state index in [1.807, 2.05) is 25.1 Å². The van der Waals surface area contributed by atoms with Gasteiger partial charge in [0.1, 0.15) is 6.29 Å². The van der Waals surface area contributed by atoms with Crippen molar-refractivity contribution in [2.24, 2.45) is 5.73 Å². The fourth-order valence-electron chi connectivity index (χ4n) is 0.743. The maximum absolute atomic E-state index is 10.2. The van der Waals surface area contributed by atoms with Crippen molar-refractivity contribution in [3.05, 3.63) is 35.4 Å². The fraction of sp³-hybridized carbons (Fsp3) is 0.222. The van der Waals surface area contributed by atoms with E-state index in [1.165, 1.54) is 0 Å². The number of rotatable bonds is 1. The first-order chi connectivity index (χ1) is 5.74. The Labute approximate surface area is 71.8 Å². The van der Waals surface area contributed by atoms with Crippen LogP contribution in [-0.4, -0.2) is 18.1 Å². The molecule has 3 nitrogen and oxygen atoms in total. The molecule has 0 bridgehead atoms. The molecule has 0 spiro atoms. The molecule has 0 unspecified atom stereocenters. The molecule has 0 fully saturated rings. The van der Waals surface area contributed by atoms with Crippen LogP contribution in [0.15, 0.2) is 24.3 Å². The number of aryl methyl sites for hydroxylation is 1. The van der Waals surface area contributed by atoms with Crippen LogP contribution in [-0.2, 0) is 0 Å². The van der Waals surface area contributed by atoms with E-state index < -0.39 is 0 Å². The molecule has 12 heavy (non-hydrogen) atoms. The van der Waals surface area contributed by atoms with E-state index >= 15 is 0 Å². The summed E-state index contributed by atoms with van der Waals surface area (Å²) in [6.45, 7) is 1.72. The first kappa shape index (κ1) is 10.8. The van der Waals surface area contributed by atoms with Crippen molar-refractivity contribution < 1.29 is 9.90 Å². The molecule has 0 aromatic heterocycles. The standard InChI is InChI=1S/C8H8O.CH5NO/c1-7-3-2-4-8(5-7)6-9;2-1-3/h2-6H,1H3;3H,1-2H2. The van der Waals surface area contributed by atoms with Crippen LogP contribution in [0.3, 0.4) is 0 Å². The van der Waals surface area contributed by atoms with Crippen LogP contribution in [0.2, 0.25) is 0 Å². The lowest BCUT2D eigenvalue weighted by Gasteiger charge is -1.89. The Morgan fingerprint density at radius 1 is 1.58 bits per heavy atom. The third-order valence-electron chi connectivity index (χ3n) is 1.18. The summed E-state index contributed by atoms with van der Waals surface area (Å²) in [4.78, 5) is 10.2. The van der Waals surface area contributed by atoms with Crippen molar-refractivity contribution in [1.82, 2.24) is 0 Å². The molecule has 3 N–H and O–H groups in total. The van der Waals surface area contributed by atoms with Crippen molar-refractivity contribution in [2.45, 2.75) is 6.92 Å². The summed E-state index contributed by atoms with van der Waals surface area (Å²) in [6.07, 6.45) is 0.854. The van der Waals surface area contributed by atoms with Crippen molar-refractivity contribution in [2.75, 3.05) is 6.73 Å². The van der Waals surface area contributed by atoms with Gasteiger partial charge in [-0.1, -0.05) is 23.8 Å². The van der Waals surface area contributed by atoms with E-state index in [4.69, 9.17) is 5.11 Å². The van der Waals surface area contributed by atoms with Gasteiger partial charge in [0.05, 0.1) is 6.73 Å². The number of hydrogen-bond donors (Lipinski definition) is 2. The van der Waals surface area contributed by atoms with Gasteiger partial charge in [0.15, 0.2) is 0 Å². The van der Waals surface area contributed by atoms with Crippen LogP contribution >= 0.6 is 0 Å². The number of aliphatic hydroxyl groups is 1. The molecule has 0 heterocycles. The van der Waals surface area contributed by atoms with E-state index in [0.29, 0.717) is 0 Å². The summed E-state index contributed by atoms with van der Waals surface area (Å²) in [7, 11) is 0. The Morgan fingerprint density at radius 2 is 2.17 bits per heavy atom. The first-order valence-corrected chi connectivity index (χ1v) is 3.57. The third-order valence-corrected chi connectivity index (χ3v) is 1.18. The minimum atomic E-state index is -0.250. The topological polar surface area (TPSA) is 63.3 Å². The second kappa shape index (κ2) is 6.52. The van der Waals surface area contributed by atoms with E-state index in [9.17, 15) is 4.79 Å². The highest BCUT2D eigenvalue weighted by atomic mass is 16.3. The molecule has 1 rings (SSSR count). The minimum absolute atomic E-state index is 0.250. The van der Waals surface area contributed by atoms with Gasteiger partial charge in [-0.3, -0.25) is 4.79 Å². The normalized spacial score (nSPS) is 8.25. The number of benzene rings is 1. The van der Waals surface area contributed by atoms with Gasteiger partial charge in [-0.2, -0.15) is 0 Å². The monoisotopic (exact) mass is 167 g/mol. The summed E-state index contributed by atoms with van der Waals surface area (Å²) in [6, 6.07) is 7.49. The van der Waals surface area contributed by atoms with Gasteiger partial charge in [0, 0.05) is 5.56 Å². The lowest BCUT2D eigenvalue weighted by atomic mass is 10.2. The quantitative estimate of drug-likeness (QED) is 0.478. The Morgan fingerprint density at radius 3 is 2.50 bits per heavy atom. The van der Waals surface area contributed by atoms with Crippen LogP contribution in [0.5, 0.6) is 0 Å². The molecular formula is C9H13NO2. The summed E-state index contributed by atoms with van der Waals surface area (Å²) in [5.74, 6) is 0. The highest BCUT2D eigenvalue weighted by Crippen LogP contribution is 1.99. The average Bonchev–Trinajstić information content (AvgIpc) is 2.06. The van der Waals surface area contributed by atoms with Gasteiger partial charge >= 0.3 is 0 Å². The number of nitrogens with two attached hydrogens (primary N) is 1. The number of carbonyl (C=O) groups excluding carboxylic acids is 1. The SMILES string of the molecule is Cc1cccc(C=O)c1.NCO. The lowest BCUT2D eigenvalue weighted by molar-refractivity contribution is 0.112. The molecule has 1 aromatic rings. The molecule has 0 radical (unpaired) electrons. The van der Waals surface area contributed by atoms with Gasteiger partial charge in [-0.25, -0.2) is 0 Å². The number of aldehydes is 1. The molecule has 0 aliphatic heterocycles. The van der Waals surface area contributed by atoms with Gasteiger partial charge in [0.25, 0.3) is 0 Å². The van der Waals surface area contributed by atoms with Gasteiger partial charge in [0.2, 0.25) is 0 Å². The predicted octanol–water partition coefficient (Wildman–Crippen LogP) is 0.702. The maximum Gasteiger partial charge on any atom is 0.150 e. The zero-order valence-corrected chi connectivity index (χ0v) is 7.03. The summed E-state index contributed by atoms with van der Waals surface area (Å²) in [5.41, 5.74) is 6.27. The van der Waals surface area contributed by atoms with E-state index in [1.54, 1.807) is 6.07 Å². The molecule has 0 amide bonds. The summed E-state index contributed by atoms with van der Waals surface area (Å²) >= 11 is 0. The zero-order valence-electron chi connectivity index (χ0n) is 7.03. The van der Waals surface area contributed by atoms with E-state index in [2.05, 4.69) is 5.73 Å². The fourth-order valence-corrected chi connectivity index (χ4v) is 0.743. The molecule has 0 saturated carbocycles. The number of hydrogen-bond acceptors (Lipinski definition) is 3. The highest BCUT2D eigenvalue weighted by Gasteiger charge is 1.86. The highest BCUT2D eigenvalue weighted by molar-refractivity contribution is 5.74. The van der Waals surface area contributed by atoms with E-state index in [-0.39, 0.29) is 6.73 Å². The molecular weight excluding hydrogens is 154 g/mol. The van der Waals surface area contributed by atoms with Crippen LogP contribution in [0.4, 0.5) is 0 Å². The van der Waals surface area contributed by atoms with Crippen LogP contribution in [0, 0.1) is 6.92 Å². The Kier molecular flexibility index (Phi) is 5.87. The Bertz CT molecular complexity index is 236. The smallest absolute Gasteiger partial charge is 0.150 e. The number of carbonyl (C=O) groups is 1. The van der Waals surface area contributed by atoms with Gasteiger partial charge in [-0.15, -0.1) is 0 Å². The Balaban J connectivity index is 0.000000354. The zero-order chi connectivity index (χ0) is 9.40. The average molecular weight is 167 g/mol. The van der Waals surface area contributed by atoms with Crippen molar-refractivity contribution in [1.29, 1.82) is 0 Å². The second-order valence-electron chi connectivity index (χ2n) is 2.21. The van der Waals surface area contributed by atoms with Crippen molar-refractivity contribution >= 4 is 6.29 Å². The predicted molar refractivity (Wildman–Crippen MR) is 47.8 cm³/mol. The Hall–Kier alpha value is -1.19. The molecule has 0 atom stereocenters. The lowest BCUT2D eigenvalue weighted by Crippen LogP contribution is -1.92. The van der Waals surface area contributed by atoms with Crippen LogP contribution in [0.1, 0.15) is 15.9 Å². The molecule has 0 aliphatic rings. The van der Waals surface area contributed by atoms with Crippen molar-refractivity contribution in [3.63, 3.8) is 0 Å². The van der Waals surface area contributed by atoms with E-state index in [0.717, 1.165) is 17.4 Å². The molecule has 3 heteroatoms. The third kappa shape index (κ3) is 4.60. The van der Waals surface area contributed by atoms with Crippen LogP contribution in [0.25, 0.3) is 0 Å². The molecule has 66 valence electrons. The molecule has 0 aliphatic carbocycles. The first-order valence-electron chi connectivity index (χ1n) is 3.57. The summed E-state index contributed by atoms with van der Waals surface area (Å²) < 4.78 is 0. The number of aliphatic hydroxyl groups excluding tert-OH is 1. The second-order valence-corrected chi connectivity index (χ2v) is 2.21. The maximum atomic E-state index is 10.2. The summed E-state index contributed by atoms with van der Waals surface area (Å²) in [5, 5.41) is 7.35. The van der Waals surface area contributed by atoms with Crippen molar-refractivity contribution in [3.8, 4) is 0 Å². The molecule has 0 saturated heterocycles. The largest absolute Gasteiger partial charge is 0.382 e. The van der Waals surface area contributed by atoms with Gasteiger partial charge < -0.3 is 10.8 Å². The molecule has 1 aromatic carbocycles. The minimum Gasteiger partial charge on any atom is -0.382 e. The van der Waals surface area contributed by atoms with Crippen LogP contribution < -0.4 is 5.73 Å². The van der Waals surface area contributed by atoms with Gasteiger partial charge in [-0.05, 0) is 13.0 Å².